The summed E-state index contributed by atoms with van der Waals surface area (Å²) in [7, 11) is 0. The summed E-state index contributed by atoms with van der Waals surface area (Å²) in [5, 5.41) is 8.74. The molecule has 0 radical (unpaired) electrons. The van der Waals surface area contributed by atoms with E-state index in [1.165, 1.54) is 0 Å². The fraction of sp³-hybridized carbons (Fsp3) is 0.500. The van der Waals surface area contributed by atoms with Crippen molar-refractivity contribution in [2.75, 3.05) is 19.7 Å². The van der Waals surface area contributed by atoms with Crippen molar-refractivity contribution in [3.63, 3.8) is 0 Å². The van der Waals surface area contributed by atoms with Crippen molar-refractivity contribution in [3.05, 3.63) is 29.8 Å². The summed E-state index contributed by atoms with van der Waals surface area (Å²) in [6.45, 7) is 3.89. The molecule has 2 aliphatic rings. The summed E-state index contributed by atoms with van der Waals surface area (Å²) < 4.78 is 11.2. The van der Waals surface area contributed by atoms with Gasteiger partial charge in [-0.2, -0.15) is 5.26 Å². The van der Waals surface area contributed by atoms with Crippen LogP contribution < -0.4 is 4.74 Å². The fourth-order valence-corrected chi connectivity index (χ4v) is 2.78. The molecule has 5 heteroatoms. The highest BCUT2D eigenvalue weighted by molar-refractivity contribution is 5.80. The van der Waals surface area contributed by atoms with Crippen molar-refractivity contribution < 1.29 is 14.3 Å². The number of nitrogens with zero attached hydrogens (tertiary/aromatic N) is 2. The van der Waals surface area contributed by atoms with Gasteiger partial charge in [-0.3, -0.25) is 4.79 Å². The van der Waals surface area contributed by atoms with Gasteiger partial charge in [0.15, 0.2) is 0 Å². The number of hydrogen-bond acceptors (Lipinski definition) is 4. The van der Waals surface area contributed by atoms with Gasteiger partial charge in [0, 0.05) is 6.61 Å². The number of ether oxygens (including phenoxy) is 2. The van der Waals surface area contributed by atoms with E-state index in [-0.39, 0.29) is 24.0 Å². The molecule has 0 aromatic heterocycles. The number of amides is 1. The molecule has 2 saturated heterocycles. The monoisotopic (exact) mass is 286 g/mol. The first-order valence-corrected chi connectivity index (χ1v) is 7.24. The summed E-state index contributed by atoms with van der Waals surface area (Å²) in [5.74, 6) is 0.921. The lowest BCUT2D eigenvalue weighted by molar-refractivity contribution is -0.145. The Morgan fingerprint density at radius 1 is 1.38 bits per heavy atom. The Kier molecular flexibility index (Phi) is 3.80. The molecular formula is C16H18N2O3. The van der Waals surface area contributed by atoms with Crippen LogP contribution in [0.5, 0.6) is 5.75 Å². The molecule has 0 unspecified atom stereocenters. The van der Waals surface area contributed by atoms with Gasteiger partial charge < -0.3 is 14.4 Å². The van der Waals surface area contributed by atoms with Gasteiger partial charge in [-0.1, -0.05) is 0 Å². The first-order valence-electron chi connectivity index (χ1n) is 7.24. The van der Waals surface area contributed by atoms with Crippen LogP contribution in [0.3, 0.4) is 0 Å². The molecule has 0 N–H and O–H groups in total. The van der Waals surface area contributed by atoms with Crippen LogP contribution in [0.2, 0.25) is 0 Å². The lowest BCUT2D eigenvalue weighted by Gasteiger charge is -2.40. The Morgan fingerprint density at radius 3 is 2.67 bits per heavy atom. The third-order valence-corrected chi connectivity index (χ3v) is 4.14. The number of benzene rings is 1. The summed E-state index contributed by atoms with van der Waals surface area (Å²) in [4.78, 5) is 14.1. The van der Waals surface area contributed by atoms with Gasteiger partial charge in [0.05, 0.1) is 36.7 Å². The second-order valence-electron chi connectivity index (χ2n) is 5.59. The van der Waals surface area contributed by atoms with E-state index in [9.17, 15) is 4.79 Å². The summed E-state index contributed by atoms with van der Waals surface area (Å²) >= 11 is 0. The van der Waals surface area contributed by atoms with Gasteiger partial charge in [0.25, 0.3) is 0 Å². The highest BCUT2D eigenvalue weighted by Crippen LogP contribution is 2.26. The molecule has 2 heterocycles. The molecule has 21 heavy (non-hydrogen) atoms. The van der Waals surface area contributed by atoms with E-state index in [4.69, 9.17) is 14.7 Å². The van der Waals surface area contributed by atoms with Crippen LogP contribution in [0.15, 0.2) is 24.3 Å². The third kappa shape index (κ3) is 2.86. The van der Waals surface area contributed by atoms with E-state index in [0.29, 0.717) is 25.3 Å². The van der Waals surface area contributed by atoms with Gasteiger partial charge in [0.1, 0.15) is 11.9 Å². The van der Waals surface area contributed by atoms with Gasteiger partial charge >= 0.3 is 0 Å². The van der Waals surface area contributed by atoms with Gasteiger partial charge in [-0.15, -0.1) is 0 Å². The number of hydrogen-bond donors (Lipinski definition) is 0. The SMILES string of the molecule is C[C@@H]1OCC[C@@H]1C(=O)N1CC(Oc2ccc(C#N)cc2)C1. The smallest absolute Gasteiger partial charge is 0.228 e. The third-order valence-electron chi connectivity index (χ3n) is 4.14. The van der Waals surface area contributed by atoms with Crippen molar-refractivity contribution in [3.8, 4) is 11.8 Å². The van der Waals surface area contributed by atoms with Crippen LogP contribution >= 0.6 is 0 Å². The molecule has 1 aromatic carbocycles. The molecule has 5 nitrogen and oxygen atoms in total. The lowest BCUT2D eigenvalue weighted by atomic mass is 9.98. The highest BCUT2D eigenvalue weighted by atomic mass is 16.5. The van der Waals surface area contributed by atoms with Crippen molar-refractivity contribution in [1.82, 2.24) is 4.90 Å². The van der Waals surface area contributed by atoms with E-state index in [2.05, 4.69) is 6.07 Å². The molecule has 0 bridgehead atoms. The summed E-state index contributed by atoms with van der Waals surface area (Å²) in [6, 6.07) is 9.11. The maximum Gasteiger partial charge on any atom is 0.228 e. The predicted molar refractivity (Wildman–Crippen MR) is 75.7 cm³/mol. The standard InChI is InChI=1S/C16H18N2O3/c1-11-15(6-7-20-11)16(19)18-9-14(10-18)21-13-4-2-12(8-17)3-5-13/h2-5,11,14-15H,6-7,9-10H2,1H3/t11-,15-/m0/s1. The number of rotatable bonds is 3. The molecule has 1 amide bonds. The topological polar surface area (TPSA) is 62.6 Å². The minimum Gasteiger partial charge on any atom is -0.487 e. The zero-order valence-corrected chi connectivity index (χ0v) is 12.0. The van der Waals surface area contributed by atoms with E-state index in [0.717, 1.165) is 12.2 Å². The molecule has 1 aromatic rings. The molecule has 2 aliphatic heterocycles. The van der Waals surface area contributed by atoms with Crippen LogP contribution in [0.25, 0.3) is 0 Å². The molecule has 110 valence electrons. The van der Waals surface area contributed by atoms with E-state index in [1.807, 2.05) is 11.8 Å². The molecule has 0 aliphatic carbocycles. The number of likely N-dealkylation sites (tertiary alicyclic amines) is 1. The Morgan fingerprint density at radius 2 is 2.10 bits per heavy atom. The van der Waals surface area contributed by atoms with Crippen LogP contribution in [0.1, 0.15) is 18.9 Å². The van der Waals surface area contributed by atoms with Crippen LogP contribution in [-0.2, 0) is 9.53 Å². The Bertz CT molecular complexity index is 558. The summed E-state index contributed by atoms with van der Waals surface area (Å²) in [6.07, 6.45) is 0.882. The largest absolute Gasteiger partial charge is 0.487 e. The lowest BCUT2D eigenvalue weighted by Crippen LogP contribution is -2.58. The first kappa shape index (κ1) is 13.9. The van der Waals surface area contributed by atoms with Crippen LogP contribution in [0.4, 0.5) is 0 Å². The number of carbonyl (C=O) groups excluding carboxylic acids is 1. The van der Waals surface area contributed by atoms with Crippen LogP contribution in [-0.4, -0.2) is 42.7 Å². The number of nitriles is 1. The maximum absolute atomic E-state index is 12.3. The van der Waals surface area contributed by atoms with Gasteiger partial charge in [-0.05, 0) is 37.6 Å². The second kappa shape index (κ2) is 5.74. The van der Waals surface area contributed by atoms with E-state index < -0.39 is 0 Å². The first-order chi connectivity index (χ1) is 10.2. The highest BCUT2D eigenvalue weighted by Gasteiger charge is 2.39. The average Bonchev–Trinajstić information content (AvgIpc) is 2.88. The average molecular weight is 286 g/mol. The van der Waals surface area contributed by atoms with Crippen molar-refractivity contribution in [2.45, 2.75) is 25.6 Å². The van der Waals surface area contributed by atoms with E-state index in [1.54, 1.807) is 24.3 Å². The van der Waals surface area contributed by atoms with Crippen molar-refractivity contribution in [1.29, 1.82) is 5.26 Å². The zero-order valence-electron chi connectivity index (χ0n) is 12.0. The van der Waals surface area contributed by atoms with Gasteiger partial charge in [0.2, 0.25) is 5.91 Å². The summed E-state index contributed by atoms with van der Waals surface area (Å²) in [5.41, 5.74) is 0.614. The maximum atomic E-state index is 12.3. The fourth-order valence-electron chi connectivity index (χ4n) is 2.78. The van der Waals surface area contributed by atoms with E-state index >= 15 is 0 Å². The quantitative estimate of drug-likeness (QED) is 0.846. The zero-order chi connectivity index (χ0) is 14.8. The Labute approximate surface area is 124 Å². The van der Waals surface area contributed by atoms with Gasteiger partial charge in [-0.25, -0.2) is 0 Å². The normalized spacial score (nSPS) is 25.2. The number of carbonyl (C=O) groups is 1. The molecule has 0 spiro atoms. The second-order valence-corrected chi connectivity index (χ2v) is 5.59. The van der Waals surface area contributed by atoms with Crippen molar-refractivity contribution >= 4 is 5.91 Å². The molecular weight excluding hydrogens is 268 g/mol. The Balaban J connectivity index is 1.49. The minimum atomic E-state index is 0.000798. The molecule has 0 saturated carbocycles. The molecule has 2 atom stereocenters. The van der Waals surface area contributed by atoms with Crippen LogP contribution in [0, 0.1) is 17.2 Å². The Hall–Kier alpha value is -2.06. The minimum absolute atomic E-state index is 0.000798. The van der Waals surface area contributed by atoms with Crippen molar-refractivity contribution in [2.24, 2.45) is 5.92 Å². The predicted octanol–water partition coefficient (Wildman–Crippen LogP) is 1.57. The molecule has 2 fully saturated rings. The molecule has 3 rings (SSSR count).